The maximum Gasteiger partial charge on any atom is 0.318 e. The van der Waals surface area contributed by atoms with Gasteiger partial charge in [0.05, 0.1) is 0 Å². The summed E-state index contributed by atoms with van der Waals surface area (Å²) in [7, 11) is 0. The zero-order chi connectivity index (χ0) is 17.5. The second-order valence-electron chi connectivity index (χ2n) is 6.09. The zero-order valence-corrected chi connectivity index (χ0v) is 14.0. The molecule has 1 aromatic heterocycles. The van der Waals surface area contributed by atoms with Crippen LogP contribution in [-0.2, 0) is 11.2 Å². The number of hydrogen-bond donors (Lipinski definition) is 2. The number of nitrogens with zero attached hydrogens (tertiary/aromatic N) is 2. The van der Waals surface area contributed by atoms with E-state index in [9.17, 15) is 9.59 Å². The minimum absolute atomic E-state index is 0.186. The third kappa shape index (κ3) is 4.79. The van der Waals surface area contributed by atoms with Crippen molar-refractivity contribution in [1.29, 1.82) is 0 Å². The fraction of sp³-hybridized carbons (Fsp3) is 0.316. The number of amides is 3. The summed E-state index contributed by atoms with van der Waals surface area (Å²) in [6.45, 7) is 1.48. The second-order valence-corrected chi connectivity index (χ2v) is 6.09. The molecule has 2 N–H and O–H groups in total. The molecule has 3 amide bonds. The van der Waals surface area contributed by atoms with Crippen LogP contribution in [0.5, 0.6) is 0 Å². The van der Waals surface area contributed by atoms with Gasteiger partial charge in [-0.05, 0) is 30.5 Å². The van der Waals surface area contributed by atoms with E-state index in [0.29, 0.717) is 12.2 Å². The van der Waals surface area contributed by atoms with E-state index in [1.165, 1.54) is 0 Å². The third-order valence-corrected chi connectivity index (χ3v) is 4.21. The molecular weight excluding hydrogens is 316 g/mol. The van der Waals surface area contributed by atoms with E-state index in [2.05, 4.69) is 15.6 Å². The lowest BCUT2D eigenvalue weighted by Gasteiger charge is -2.22. The van der Waals surface area contributed by atoms with Crippen LogP contribution in [0.4, 0.5) is 10.6 Å². The first-order valence-electron chi connectivity index (χ1n) is 8.53. The third-order valence-electron chi connectivity index (χ3n) is 4.21. The Morgan fingerprint density at radius 3 is 2.44 bits per heavy atom. The number of anilines is 1. The summed E-state index contributed by atoms with van der Waals surface area (Å²) >= 11 is 0. The first-order chi connectivity index (χ1) is 12.2. The van der Waals surface area contributed by atoms with E-state index in [0.717, 1.165) is 31.5 Å². The van der Waals surface area contributed by atoms with Gasteiger partial charge in [-0.3, -0.25) is 4.79 Å². The van der Waals surface area contributed by atoms with Crippen LogP contribution in [0.2, 0.25) is 0 Å². The molecule has 130 valence electrons. The topological polar surface area (TPSA) is 74.3 Å². The number of carbonyl (C=O) groups excluding carboxylic acids is 2. The standard InChI is InChI=1S/C19H22N4O2/c24-18(22-17-10-4-5-11-20-17)16(14-15-8-2-1-3-9-15)21-19(25)23-12-6-7-13-23/h1-5,8-11,16H,6-7,12-14H2,(H,21,25)(H,20,22,24)/t16-/m0/s1. The highest BCUT2D eigenvalue weighted by molar-refractivity contribution is 5.96. The zero-order valence-electron chi connectivity index (χ0n) is 14.0. The van der Waals surface area contributed by atoms with Gasteiger partial charge in [0.25, 0.3) is 0 Å². The Morgan fingerprint density at radius 1 is 1.04 bits per heavy atom. The Kier molecular flexibility index (Phi) is 5.61. The molecule has 0 radical (unpaired) electrons. The van der Waals surface area contributed by atoms with Crippen molar-refractivity contribution < 1.29 is 9.59 Å². The van der Waals surface area contributed by atoms with Gasteiger partial charge in [-0.1, -0.05) is 36.4 Å². The summed E-state index contributed by atoms with van der Waals surface area (Å²) in [6.07, 6.45) is 4.07. The molecule has 2 heterocycles. The average molecular weight is 338 g/mol. The van der Waals surface area contributed by atoms with Gasteiger partial charge in [0.1, 0.15) is 11.9 Å². The number of aromatic nitrogens is 1. The van der Waals surface area contributed by atoms with Crippen LogP contribution < -0.4 is 10.6 Å². The van der Waals surface area contributed by atoms with E-state index >= 15 is 0 Å². The van der Waals surface area contributed by atoms with Gasteiger partial charge in [-0.25, -0.2) is 9.78 Å². The lowest BCUT2D eigenvalue weighted by molar-refractivity contribution is -0.118. The number of likely N-dealkylation sites (tertiary alicyclic amines) is 1. The molecule has 1 fully saturated rings. The predicted molar refractivity (Wildman–Crippen MR) is 96.1 cm³/mol. The van der Waals surface area contributed by atoms with E-state index in [1.54, 1.807) is 29.3 Å². The van der Waals surface area contributed by atoms with Crippen molar-refractivity contribution in [2.24, 2.45) is 0 Å². The van der Waals surface area contributed by atoms with Crippen LogP contribution in [0, 0.1) is 0 Å². The van der Waals surface area contributed by atoms with Crippen molar-refractivity contribution in [3.8, 4) is 0 Å². The van der Waals surface area contributed by atoms with E-state index in [4.69, 9.17) is 0 Å². The maximum atomic E-state index is 12.7. The Bertz CT molecular complexity index is 700. The Labute approximate surface area is 147 Å². The van der Waals surface area contributed by atoms with Gasteiger partial charge in [0.2, 0.25) is 5.91 Å². The Hall–Kier alpha value is -2.89. The predicted octanol–water partition coefficient (Wildman–Crippen LogP) is 2.44. The fourth-order valence-corrected chi connectivity index (χ4v) is 2.87. The molecule has 1 atom stereocenters. The number of hydrogen-bond acceptors (Lipinski definition) is 3. The van der Waals surface area contributed by atoms with Crippen LogP contribution in [-0.4, -0.2) is 41.0 Å². The van der Waals surface area contributed by atoms with Crippen molar-refractivity contribution in [3.05, 3.63) is 60.3 Å². The molecule has 6 nitrogen and oxygen atoms in total. The lowest BCUT2D eigenvalue weighted by atomic mass is 10.1. The van der Waals surface area contributed by atoms with Crippen LogP contribution >= 0.6 is 0 Å². The molecule has 0 aliphatic carbocycles. The van der Waals surface area contributed by atoms with Crippen molar-refractivity contribution in [3.63, 3.8) is 0 Å². The molecule has 1 aliphatic rings. The first kappa shape index (κ1) is 17.0. The van der Waals surface area contributed by atoms with Crippen LogP contribution in [0.25, 0.3) is 0 Å². The first-order valence-corrected chi connectivity index (χ1v) is 8.53. The molecule has 1 aromatic carbocycles. The number of nitrogens with one attached hydrogen (secondary N) is 2. The SMILES string of the molecule is O=C(Nc1ccccn1)[C@H](Cc1ccccc1)NC(=O)N1CCCC1. The van der Waals surface area contributed by atoms with Gasteiger partial charge in [-0.2, -0.15) is 0 Å². The molecule has 2 aromatic rings. The average Bonchev–Trinajstić information content (AvgIpc) is 3.18. The summed E-state index contributed by atoms with van der Waals surface area (Å²) in [6, 6.07) is 14.1. The minimum atomic E-state index is -0.655. The molecule has 0 spiro atoms. The quantitative estimate of drug-likeness (QED) is 0.879. The molecule has 0 bridgehead atoms. The highest BCUT2D eigenvalue weighted by Gasteiger charge is 2.25. The number of benzene rings is 1. The van der Waals surface area contributed by atoms with E-state index in [-0.39, 0.29) is 11.9 Å². The van der Waals surface area contributed by atoms with Gasteiger partial charge >= 0.3 is 6.03 Å². The Balaban J connectivity index is 1.70. The van der Waals surface area contributed by atoms with Gasteiger partial charge < -0.3 is 15.5 Å². The van der Waals surface area contributed by atoms with Crippen LogP contribution in [0.1, 0.15) is 18.4 Å². The Morgan fingerprint density at radius 2 is 1.76 bits per heavy atom. The van der Waals surface area contributed by atoms with Crippen molar-refractivity contribution in [2.45, 2.75) is 25.3 Å². The lowest BCUT2D eigenvalue weighted by Crippen LogP contribution is -2.49. The highest BCUT2D eigenvalue weighted by Crippen LogP contribution is 2.10. The summed E-state index contributed by atoms with van der Waals surface area (Å²) in [4.78, 5) is 31.0. The molecule has 0 unspecified atom stereocenters. The van der Waals surface area contributed by atoms with Crippen LogP contribution in [0.3, 0.4) is 0 Å². The summed E-state index contributed by atoms with van der Waals surface area (Å²) < 4.78 is 0. The minimum Gasteiger partial charge on any atom is -0.326 e. The fourth-order valence-electron chi connectivity index (χ4n) is 2.87. The second kappa shape index (κ2) is 8.28. The van der Waals surface area contributed by atoms with E-state index in [1.807, 2.05) is 30.3 Å². The monoisotopic (exact) mass is 338 g/mol. The molecule has 0 saturated carbocycles. The number of carbonyl (C=O) groups is 2. The van der Waals surface area contributed by atoms with Crippen molar-refractivity contribution >= 4 is 17.8 Å². The molecule has 25 heavy (non-hydrogen) atoms. The number of pyridine rings is 1. The van der Waals surface area contributed by atoms with Gasteiger partial charge in [0.15, 0.2) is 0 Å². The summed E-state index contributed by atoms with van der Waals surface area (Å²) in [5.74, 6) is 0.205. The van der Waals surface area contributed by atoms with Crippen molar-refractivity contribution in [1.82, 2.24) is 15.2 Å². The molecular formula is C19H22N4O2. The maximum absolute atomic E-state index is 12.7. The van der Waals surface area contributed by atoms with Crippen molar-refractivity contribution in [2.75, 3.05) is 18.4 Å². The smallest absolute Gasteiger partial charge is 0.318 e. The summed E-state index contributed by atoms with van der Waals surface area (Å²) in [5.41, 5.74) is 0.991. The summed E-state index contributed by atoms with van der Waals surface area (Å²) in [5, 5.41) is 5.65. The highest BCUT2D eigenvalue weighted by atomic mass is 16.2. The van der Waals surface area contributed by atoms with Gasteiger partial charge in [0, 0.05) is 25.7 Å². The molecule has 1 aliphatic heterocycles. The molecule has 6 heteroatoms. The normalized spacial score (nSPS) is 14.8. The number of rotatable bonds is 5. The molecule has 3 rings (SSSR count). The van der Waals surface area contributed by atoms with Crippen LogP contribution in [0.15, 0.2) is 54.7 Å². The largest absolute Gasteiger partial charge is 0.326 e. The van der Waals surface area contributed by atoms with Gasteiger partial charge in [-0.15, -0.1) is 0 Å². The number of urea groups is 1. The van der Waals surface area contributed by atoms with E-state index < -0.39 is 6.04 Å². The molecule has 1 saturated heterocycles.